The van der Waals surface area contributed by atoms with E-state index in [-0.39, 0.29) is 24.2 Å². The lowest BCUT2D eigenvalue weighted by atomic mass is 9.87. The van der Waals surface area contributed by atoms with Crippen molar-refractivity contribution >= 4 is 17.5 Å². The number of amides is 2. The second-order valence-corrected chi connectivity index (χ2v) is 8.98. The Hall–Kier alpha value is -2.66. The minimum atomic E-state index is -0.363. The van der Waals surface area contributed by atoms with Gasteiger partial charge in [0.1, 0.15) is 0 Å². The van der Waals surface area contributed by atoms with Crippen molar-refractivity contribution in [3.05, 3.63) is 65.7 Å². The van der Waals surface area contributed by atoms with Gasteiger partial charge in [0.15, 0.2) is 0 Å². The van der Waals surface area contributed by atoms with E-state index < -0.39 is 0 Å². The Morgan fingerprint density at radius 1 is 0.967 bits per heavy atom. The Kier molecular flexibility index (Phi) is 5.30. The molecule has 0 bridgehead atoms. The number of para-hydroxylation sites is 1. The maximum atomic E-state index is 13.7. The average molecular weight is 404 g/mol. The SMILES string of the molecule is O=C1CC(C(=O)N(C[C@@H]2CNC[C@@H]2Cc2ccccc2)C2CC2)c2ccccc2N1. The number of carbonyl (C=O) groups is 2. The molecule has 5 rings (SSSR count). The Balaban J connectivity index is 1.33. The summed E-state index contributed by atoms with van der Waals surface area (Å²) in [6.45, 7) is 2.74. The van der Waals surface area contributed by atoms with Crippen molar-refractivity contribution in [3.8, 4) is 0 Å². The van der Waals surface area contributed by atoms with Gasteiger partial charge in [0.05, 0.1) is 5.92 Å². The van der Waals surface area contributed by atoms with E-state index in [9.17, 15) is 9.59 Å². The zero-order valence-corrected chi connectivity index (χ0v) is 17.2. The Morgan fingerprint density at radius 2 is 1.70 bits per heavy atom. The van der Waals surface area contributed by atoms with Gasteiger partial charge in [0.2, 0.25) is 11.8 Å². The molecule has 2 aliphatic heterocycles. The fourth-order valence-electron chi connectivity index (χ4n) is 5.05. The molecule has 30 heavy (non-hydrogen) atoms. The van der Waals surface area contributed by atoms with Crippen LogP contribution in [0.3, 0.4) is 0 Å². The lowest BCUT2D eigenvalue weighted by Crippen LogP contribution is -2.43. The number of benzene rings is 2. The molecule has 2 heterocycles. The summed E-state index contributed by atoms with van der Waals surface area (Å²) in [6.07, 6.45) is 3.45. The topological polar surface area (TPSA) is 61.4 Å². The summed E-state index contributed by atoms with van der Waals surface area (Å²) in [7, 11) is 0. The first-order valence-electron chi connectivity index (χ1n) is 11.1. The molecule has 2 amide bonds. The number of rotatable bonds is 6. The van der Waals surface area contributed by atoms with Gasteiger partial charge >= 0.3 is 0 Å². The van der Waals surface area contributed by atoms with Gasteiger partial charge in [-0.25, -0.2) is 0 Å². The predicted octanol–water partition coefficient (Wildman–Crippen LogP) is 3.18. The molecule has 1 saturated carbocycles. The first-order chi connectivity index (χ1) is 14.7. The van der Waals surface area contributed by atoms with Crippen LogP contribution in [0.5, 0.6) is 0 Å². The number of anilines is 1. The first-order valence-corrected chi connectivity index (χ1v) is 11.1. The van der Waals surface area contributed by atoms with Gasteiger partial charge in [-0.05, 0) is 61.4 Å². The zero-order chi connectivity index (χ0) is 20.5. The van der Waals surface area contributed by atoms with Gasteiger partial charge < -0.3 is 15.5 Å². The highest BCUT2D eigenvalue weighted by Gasteiger charge is 2.41. The molecule has 1 unspecified atom stereocenters. The van der Waals surface area contributed by atoms with Crippen LogP contribution in [0.4, 0.5) is 5.69 Å². The van der Waals surface area contributed by atoms with Gasteiger partial charge in [0, 0.05) is 24.7 Å². The molecule has 1 aliphatic carbocycles. The lowest BCUT2D eigenvalue weighted by molar-refractivity contribution is -0.136. The van der Waals surface area contributed by atoms with Crippen molar-refractivity contribution in [2.24, 2.45) is 11.8 Å². The lowest BCUT2D eigenvalue weighted by Gasteiger charge is -2.33. The summed E-state index contributed by atoms with van der Waals surface area (Å²) in [5.74, 6) is 0.681. The molecule has 156 valence electrons. The van der Waals surface area contributed by atoms with Crippen LogP contribution in [0.25, 0.3) is 0 Å². The quantitative estimate of drug-likeness (QED) is 0.779. The summed E-state index contributed by atoms with van der Waals surface area (Å²) >= 11 is 0. The van der Waals surface area contributed by atoms with Crippen LogP contribution < -0.4 is 10.6 Å². The van der Waals surface area contributed by atoms with Gasteiger partial charge in [-0.15, -0.1) is 0 Å². The van der Waals surface area contributed by atoms with E-state index >= 15 is 0 Å². The van der Waals surface area contributed by atoms with E-state index in [2.05, 4.69) is 45.9 Å². The van der Waals surface area contributed by atoms with E-state index in [1.54, 1.807) is 0 Å². The Bertz CT molecular complexity index is 925. The number of carbonyl (C=O) groups excluding carboxylic acids is 2. The predicted molar refractivity (Wildman–Crippen MR) is 117 cm³/mol. The highest BCUT2D eigenvalue weighted by Crippen LogP contribution is 2.38. The molecule has 0 radical (unpaired) electrons. The van der Waals surface area contributed by atoms with Crippen molar-refractivity contribution in [1.29, 1.82) is 0 Å². The normalized spacial score (nSPS) is 25.5. The fourth-order valence-corrected chi connectivity index (χ4v) is 5.05. The minimum absolute atomic E-state index is 0.0627. The van der Waals surface area contributed by atoms with Crippen molar-refractivity contribution < 1.29 is 9.59 Å². The summed E-state index contributed by atoms with van der Waals surface area (Å²) in [5.41, 5.74) is 3.10. The standard InChI is InChI=1S/C25H29N3O2/c29-24-13-22(21-8-4-5-9-23(21)27-24)25(30)28(20-10-11-20)16-19-15-26-14-18(19)12-17-6-2-1-3-7-17/h1-9,18-20,22,26H,10-16H2,(H,27,29)/t18-,19-,22?/m0/s1. The van der Waals surface area contributed by atoms with E-state index in [4.69, 9.17) is 0 Å². The van der Waals surface area contributed by atoms with E-state index in [0.29, 0.717) is 17.9 Å². The third kappa shape index (κ3) is 3.99. The summed E-state index contributed by atoms with van der Waals surface area (Å²) < 4.78 is 0. The molecule has 0 spiro atoms. The van der Waals surface area contributed by atoms with E-state index in [1.807, 2.05) is 24.3 Å². The van der Waals surface area contributed by atoms with Crippen molar-refractivity contribution in [2.75, 3.05) is 25.0 Å². The molecule has 1 saturated heterocycles. The van der Waals surface area contributed by atoms with Crippen LogP contribution in [-0.4, -0.2) is 42.4 Å². The molecule has 2 fully saturated rings. The third-order valence-electron chi connectivity index (χ3n) is 6.82. The molecule has 0 aromatic heterocycles. The van der Waals surface area contributed by atoms with Crippen LogP contribution in [0.15, 0.2) is 54.6 Å². The average Bonchev–Trinajstić information content (AvgIpc) is 3.52. The second-order valence-electron chi connectivity index (χ2n) is 8.98. The maximum Gasteiger partial charge on any atom is 0.230 e. The summed E-state index contributed by atoms with van der Waals surface area (Å²) in [4.78, 5) is 28.0. The van der Waals surface area contributed by atoms with Gasteiger partial charge in [-0.2, -0.15) is 0 Å². The Labute approximate surface area is 177 Å². The molecule has 3 aliphatic rings. The third-order valence-corrected chi connectivity index (χ3v) is 6.82. The van der Waals surface area contributed by atoms with Crippen LogP contribution in [0.1, 0.15) is 36.3 Å². The highest BCUT2D eigenvalue weighted by atomic mass is 16.2. The van der Waals surface area contributed by atoms with Crippen LogP contribution in [0, 0.1) is 11.8 Å². The van der Waals surface area contributed by atoms with E-state index in [0.717, 1.165) is 50.1 Å². The molecule has 5 nitrogen and oxygen atoms in total. The summed E-state index contributed by atoms with van der Waals surface area (Å²) in [5, 5.41) is 6.46. The van der Waals surface area contributed by atoms with Gasteiger partial charge in [-0.3, -0.25) is 9.59 Å². The van der Waals surface area contributed by atoms with Crippen LogP contribution in [0.2, 0.25) is 0 Å². The van der Waals surface area contributed by atoms with Crippen molar-refractivity contribution in [3.63, 3.8) is 0 Å². The van der Waals surface area contributed by atoms with Crippen LogP contribution in [-0.2, 0) is 16.0 Å². The monoisotopic (exact) mass is 403 g/mol. The van der Waals surface area contributed by atoms with Crippen LogP contribution >= 0.6 is 0 Å². The van der Waals surface area contributed by atoms with Gasteiger partial charge in [0.25, 0.3) is 0 Å². The van der Waals surface area contributed by atoms with Crippen molar-refractivity contribution in [1.82, 2.24) is 10.2 Å². The largest absolute Gasteiger partial charge is 0.339 e. The summed E-state index contributed by atoms with van der Waals surface area (Å²) in [6, 6.07) is 18.7. The molecule has 3 atom stereocenters. The van der Waals surface area contributed by atoms with Crippen molar-refractivity contribution in [2.45, 2.75) is 37.6 Å². The molecule has 5 heteroatoms. The fraction of sp³-hybridized carbons (Fsp3) is 0.440. The zero-order valence-electron chi connectivity index (χ0n) is 17.2. The molecule has 2 N–H and O–H groups in total. The second kappa shape index (κ2) is 8.23. The highest BCUT2D eigenvalue weighted by molar-refractivity contribution is 6.01. The smallest absolute Gasteiger partial charge is 0.230 e. The minimum Gasteiger partial charge on any atom is -0.339 e. The maximum absolute atomic E-state index is 13.7. The van der Waals surface area contributed by atoms with E-state index in [1.165, 1.54) is 5.56 Å². The molecule has 2 aromatic rings. The number of nitrogens with one attached hydrogen (secondary N) is 2. The number of hydrogen-bond acceptors (Lipinski definition) is 3. The first kappa shape index (κ1) is 19.3. The molecule has 2 aromatic carbocycles. The Morgan fingerprint density at radius 3 is 2.50 bits per heavy atom. The number of hydrogen-bond donors (Lipinski definition) is 2. The number of nitrogens with zero attached hydrogens (tertiary/aromatic N) is 1. The molecular formula is C25H29N3O2. The molecular weight excluding hydrogens is 374 g/mol. The number of fused-ring (bicyclic) bond motifs is 1. The van der Waals surface area contributed by atoms with Gasteiger partial charge in [-0.1, -0.05) is 48.5 Å².